The van der Waals surface area contributed by atoms with Crippen LogP contribution in [0.4, 0.5) is 5.69 Å². The van der Waals surface area contributed by atoms with Gasteiger partial charge in [-0.3, -0.25) is 4.79 Å². The van der Waals surface area contributed by atoms with E-state index in [1.54, 1.807) is 28.8 Å². The minimum absolute atomic E-state index is 0.00572. The third kappa shape index (κ3) is 1.87. The van der Waals surface area contributed by atoms with Crippen LogP contribution < -0.4 is 5.32 Å². The van der Waals surface area contributed by atoms with Gasteiger partial charge in [0.15, 0.2) is 0 Å². The Kier molecular flexibility index (Phi) is 3.30. The summed E-state index contributed by atoms with van der Waals surface area (Å²) < 4.78 is 0. The number of amides is 1. The molecule has 86 valence electrons. The van der Waals surface area contributed by atoms with Crippen molar-refractivity contribution in [3.05, 3.63) is 28.8 Å². The molecule has 5 heteroatoms. The largest absolute Gasteiger partial charge is 0.356 e. The number of thioether (sulfide) groups is 1. The number of benzene rings is 1. The highest BCUT2D eigenvalue weighted by atomic mass is 35.5. The molecule has 1 atom stereocenters. The normalized spacial score (nSPS) is 19.3. The fraction of sp³-hybridized carbons (Fsp3) is 0.364. The second-order valence-electron chi connectivity index (χ2n) is 3.51. The molecular formula is C11H13ClN2OS. The van der Waals surface area contributed by atoms with Gasteiger partial charge < -0.3 is 10.2 Å². The first-order valence-electron chi connectivity index (χ1n) is 5.07. The zero-order valence-corrected chi connectivity index (χ0v) is 10.7. The molecule has 3 nitrogen and oxygen atoms in total. The standard InChI is InChI=1S/C11H13ClN2OS/c1-3-14-10(15)8-6-7(12)4-5-9(8)13-11(14)16-2/h4-6,11,13H,3H2,1-2H3. The van der Waals surface area contributed by atoms with Crippen LogP contribution in [0.2, 0.25) is 5.02 Å². The number of halogens is 1. The zero-order valence-electron chi connectivity index (χ0n) is 9.16. The van der Waals surface area contributed by atoms with Gasteiger partial charge in [-0.05, 0) is 31.4 Å². The van der Waals surface area contributed by atoms with Gasteiger partial charge >= 0.3 is 0 Å². The van der Waals surface area contributed by atoms with E-state index in [1.807, 2.05) is 19.2 Å². The molecule has 1 aliphatic heterocycles. The minimum Gasteiger partial charge on any atom is -0.356 e. The first kappa shape index (κ1) is 11.6. The second-order valence-corrected chi connectivity index (χ2v) is 4.87. The van der Waals surface area contributed by atoms with Crippen molar-refractivity contribution in [1.82, 2.24) is 4.90 Å². The van der Waals surface area contributed by atoms with Crippen LogP contribution in [0.1, 0.15) is 17.3 Å². The summed E-state index contributed by atoms with van der Waals surface area (Å²) in [5.41, 5.74) is 1.52. The molecule has 1 aromatic rings. The number of carbonyl (C=O) groups is 1. The van der Waals surface area contributed by atoms with Crippen LogP contribution in [-0.2, 0) is 0 Å². The van der Waals surface area contributed by atoms with E-state index < -0.39 is 0 Å². The zero-order chi connectivity index (χ0) is 11.7. The topological polar surface area (TPSA) is 32.3 Å². The number of carbonyl (C=O) groups excluding carboxylic acids is 1. The third-order valence-corrected chi connectivity index (χ3v) is 3.65. The Labute approximate surface area is 104 Å². The molecule has 16 heavy (non-hydrogen) atoms. The van der Waals surface area contributed by atoms with Crippen molar-refractivity contribution in [2.75, 3.05) is 18.1 Å². The number of hydrogen-bond donors (Lipinski definition) is 1. The Balaban J connectivity index is 2.44. The van der Waals surface area contributed by atoms with E-state index >= 15 is 0 Å². The molecule has 0 radical (unpaired) electrons. The molecule has 0 saturated carbocycles. The lowest BCUT2D eigenvalue weighted by Gasteiger charge is -2.36. The van der Waals surface area contributed by atoms with Gasteiger partial charge in [-0.25, -0.2) is 0 Å². The van der Waals surface area contributed by atoms with Crippen LogP contribution in [0, 0.1) is 0 Å². The predicted octanol–water partition coefficient (Wildman–Crippen LogP) is 2.87. The predicted molar refractivity (Wildman–Crippen MR) is 69.1 cm³/mol. The van der Waals surface area contributed by atoms with Crippen LogP contribution in [0.15, 0.2) is 18.2 Å². The summed E-state index contributed by atoms with van der Waals surface area (Å²) in [5, 5.41) is 3.91. The Morgan fingerprint density at radius 2 is 2.31 bits per heavy atom. The summed E-state index contributed by atoms with van der Waals surface area (Å²) in [7, 11) is 0. The minimum atomic E-state index is 0.00572. The molecule has 1 aromatic carbocycles. The van der Waals surface area contributed by atoms with Crippen molar-refractivity contribution in [2.45, 2.75) is 12.4 Å². The van der Waals surface area contributed by atoms with Gasteiger partial charge in [-0.2, -0.15) is 0 Å². The monoisotopic (exact) mass is 256 g/mol. The van der Waals surface area contributed by atoms with Gasteiger partial charge in [0.25, 0.3) is 5.91 Å². The van der Waals surface area contributed by atoms with Crippen LogP contribution in [0.3, 0.4) is 0 Å². The number of fused-ring (bicyclic) bond motifs is 1. The van der Waals surface area contributed by atoms with Gasteiger partial charge in [0.2, 0.25) is 0 Å². The number of anilines is 1. The first-order valence-corrected chi connectivity index (χ1v) is 6.73. The highest BCUT2D eigenvalue weighted by molar-refractivity contribution is 7.99. The molecule has 1 N–H and O–H groups in total. The van der Waals surface area contributed by atoms with Crippen LogP contribution in [-0.4, -0.2) is 29.1 Å². The molecule has 1 unspecified atom stereocenters. The summed E-state index contributed by atoms with van der Waals surface area (Å²) in [5.74, 6) is 0.0399. The van der Waals surface area contributed by atoms with E-state index in [2.05, 4.69) is 5.32 Å². The summed E-state index contributed by atoms with van der Waals surface area (Å²) >= 11 is 7.51. The lowest BCUT2D eigenvalue weighted by atomic mass is 10.1. The third-order valence-electron chi connectivity index (χ3n) is 2.60. The lowest BCUT2D eigenvalue weighted by molar-refractivity contribution is 0.0749. The molecule has 0 bridgehead atoms. The van der Waals surface area contributed by atoms with E-state index in [0.717, 1.165) is 5.69 Å². The van der Waals surface area contributed by atoms with E-state index in [9.17, 15) is 4.79 Å². The highest BCUT2D eigenvalue weighted by Crippen LogP contribution is 2.30. The van der Waals surface area contributed by atoms with Crippen molar-refractivity contribution in [2.24, 2.45) is 0 Å². The van der Waals surface area contributed by atoms with Gasteiger partial charge in [0.05, 0.1) is 5.56 Å². The summed E-state index contributed by atoms with van der Waals surface area (Å²) in [6.45, 7) is 2.65. The molecule has 0 saturated heterocycles. The highest BCUT2D eigenvalue weighted by Gasteiger charge is 2.30. The molecule has 2 rings (SSSR count). The van der Waals surface area contributed by atoms with E-state index in [-0.39, 0.29) is 11.4 Å². The molecule has 0 spiro atoms. The summed E-state index contributed by atoms with van der Waals surface area (Å²) in [6, 6.07) is 5.36. The van der Waals surface area contributed by atoms with Crippen LogP contribution >= 0.6 is 23.4 Å². The molecular weight excluding hydrogens is 244 g/mol. The Hall–Kier alpha value is -0.870. The van der Waals surface area contributed by atoms with Crippen molar-refractivity contribution < 1.29 is 4.79 Å². The number of hydrogen-bond acceptors (Lipinski definition) is 3. The van der Waals surface area contributed by atoms with Gasteiger partial charge in [-0.15, -0.1) is 11.8 Å². The maximum atomic E-state index is 12.2. The summed E-state index contributed by atoms with van der Waals surface area (Å²) in [4.78, 5) is 14.0. The Morgan fingerprint density at radius 3 is 2.94 bits per heavy atom. The number of nitrogens with one attached hydrogen (secondary N) is 1. The average molecular weight is 257 g/mol. The van der Waals surface area contributed by atoms with Gasteiger partial charge in [-0.1, -0.05) is 11.6 Å². The number of nitrogens with zero attached hydrogens (tertiary/aromatic N) is 1. The molecule has 0 fully saturated rings. The van der Waals surface area contributed by atoms with E-state index in [0.29, 0.717) is 17.1 Å². The van der Waals surface area contributed by atoms with Crippen molar-refractivity contribution >= 4 is 35.0 Å². The Bertz CT molecular complexity index is 424. The van der Waals surface area contributed by atoms with Gasteiger partial charge in [0, 0.05) is 17.3 Å². The fourth-order valence-corrected chi connectivity index (χ4v) is 2.70. The van der Waals surface area contributed by atoms with E-state index in [1.165, 1.54) is 0 Å². The molecule has 1 heterocycles. The maximum Gasteiger partial charge on any atom is 0.258 e. The molecule has 0 aromatic heterocycles. The molecule has 0 aliphatic carbocycles. The van der Waals surface area contributed by atoms with Crippen molar-refractivity contribution in [1.29, 1.82) is 0 Å². The summed E-state index contributed by atoms with van der Waals surface area (Å²) in [6.07, 6.45) is 1.98. The van der Waals surface area contributed by atoms with Crippen molar-refractivity contribution in [3.63, 3.8) is 0 Å². The smallest absolute Gasteiger partial charge is 0.258 e. The quantitative estimate of drug-likeness (QED) is 0.883. The average Bonchev–Trinajstić information content (AvgIpc) is 2.29. The Morgan fingerprint density at radius 1 is 1.56 bits per heavy atom. The number of rotatable bonds is 2. The van der Waals surface area contributed by atoms with Crippen molar-refractivity contribution in [3.8, 4) is 0 Å². The fourth-order valence-electron chi connectivity index (χ4n) is 1.79. The SMILES string of the molecule is CCN1C(=O)c2cc(Cl)ccc2NC1SC. The maximum absolute atomic E-state index is 12.2. The molecule has 1 aliphatic rings. The van der Waals surface area contributed by atoms with Crippen LogP contribution in [0.25, 0.3) is 0 Å². The van der Waals surface area contributed by atoms with Crippen LogP contribution in [0.5, 0.6) is 0 Å². The first-order chi connectivity index (χ1) is 7.67. The van der Waals surface area contributed by atoms with E-state index in [4.69, 9.17) is 11.6 Å². The second kappa shape index (κ2) is 4.55. The van der Waals surface area contributed by atoms with Gasteiger partial charge in [0.1, 0.15) is 5.50 Å². The lowest BCUT2D eigenvalue weighted by Crippen LogP contribution is -2.46. The molecule has 1 amide bonds.